The highest BCUT2D eigenvalue weighted by Gasteiger charge is 2.25. The van der Waals surface area contributed by atoms with Crippen molar-refractivity contribution < 1.29 is 13.2 Å². The summed E-state index contributed by atoms with van der Waals surface area (Å²) in [6.07, 6.45) is 2.91. The highest BCUT2D eigenvalue weighted by Crippen LogP contribution is 2.29. The molecule has 0 unspecified atom stereocenters. The van der Waals surface area contributed by atoms with Crippen LogP contribution in [0.4, 0.5) is 0 Å². The summed E-state index contributed by atoms with van der Waals surface area (Å²) < 4.78 is 26.1. The monoisotopic (exact) mass is 358 g/mol. The molecule has 3 rings (SSSR count). The molecule has 2 aromatic carbocycles. The van der Waals surface area contributed by atoms with Crippen LogP contribution in [0.15, 0.2) is 59.5 Å². The van der Waals surface area contributed by atoms with Crippen molar-refractivity contribution in [3.05, 3.63) is 65.7 Å². The maximum absolute atomic E-state index is 12.5. The van der Waals surface area contributed by atoms with Gasteiger partial charge in [0.2, 0.25) is 15.9 Å². The first-order valence-corrected chi connectivity index (χ1v) is 9.81. The predicted molar refractivity (Wildman–Crippen MR) is 96.5 cm³/mol. The number of aryl methyl sites for hydroxylation is 1. The molecular formula is C19H22N2O3S. The van der Waals surface area contributed by atoms with Gasteiger partial charge in [-0.05, 0) is 42.5 Å². The maximum Gasteiger partial charge on any atom is 0.243 e. The van der Waals surface area contributed by atoms with Crippen molar-refractivity contribution >= 4 is 15.9 Å². The van der Waals surface area contributed by atoms with Gasteiger partial charge in [-0.25, -0.2) is 8.42 Å². The molecular weight excluding hydrogens is 336 g/mol. The van der Waals surface area contributed by atoms with Gasteiger partial charge in [0.15, 0.2) is 0 Å². The van der Waals surface area contributed by atoms with Gasteiger partial charge >= 0.3 is 0 Å². The zero-order valence-corrected chi connectivity index (χ0v) is 15.0. The average molecular weight is 358 g/mol. The predicted octanol–water partition coefficient (Wildman–Crippen LogP) is 2.50. The zero-order chi connectivity index (χ0) is 17.9. The highest BCUT2D eigenvalue weighted by molar-refractivity contribution is 7.89. The first kappa shape index (κ1) is 17.6. The second-order valence-electron chi connectivity index (χ2n) is 6.29. The number of sulfonamides is 1. The molecule has 1 aliphatic rings. The molecule has 6 heteroatoms. The van der Waals surface area contributed by atoms with E-state index >= 15 is 0 Å². The number of hydrogen-bond acceptors (Lipinski definition) is 3. The van der Waals surface area contributed by atoms with E-state index in [-0.39, 0.29) is 23.4 Å². The number of hydrogen-bond donors (Lipinski definition) is 1. The Morgan fingerprint density at radius 1 is 1.12 bits per heavy atom. The minimum Gasteiger partial charge on any atom is -0.348 e. The molecule has 0 spiro atoms. The number of amides is 1. The molecule has 1 aliphatic carbocycles. The molecule has 0 fully saturated rings. The number of benzene rings is 2. The van der Waals surface area contributed by atoms with E-state index < -0.39 is 10.0 Å². The van der Waals surface area contributed by atoms with E-state index in [0.717, 1.165) is 29.1 Å². The molecule has 132 valence electrons. The van der Waals surface area contributed by atoms with E-state index in [1.807, 2.05) is 18.2 Å². The molecule has 25 heavy (non-hydrogen) atoms. The Bertz CT molecular complexity index is 850. The van der Waals surface area contributed by atoms with Crippen LogP contribution in [-0.2, 0) is 21.2 Å². The molecule has 0 saturated heterocycles. The van der Waals surface area contributed by atoms with Gasteiger partial charge in [0, 0.05) is 7.05 Å². The molecule has 5 nitrogen and oxygen atoms in total. The van der Waals surface area contributed by atoms with Crippen molar-refractivity contribution in [1.82, 2.24) is 9.62 Å². The molecule has 0 saturated carbocycles. The molecule has 0 aromatic heterocycles. The van der Waals surface area contributed by atoms with E-state index in [4.69, 9.17) is 0 Å². The largest absolute Gasteiger partial charge is 0.348 e. The van der Waals surface area contributed by atoms with Gasteiger partial charge in [0.1, 0.15) is 0 Å². The fourth-order valence-electron chi connectivity index (χ4n) is 3.20. The Kier molecular flexibility index (Phi) is 5.20. The lowest BCUT2D eigenvalue weighted by atomic mass is 9.88. The number of fused-ring (bicyclic) bond motifs is 1. The molecule has 1 atom stereocenters. The van der Waals surface area contributed by atoms with Crippen molar-refractivity contribution in [2.75, 3.05) is 13.6 Å². The minimum atomic E-state index is -3.66. The van der Waals surface area contributed by atoms with Crippen molar-refractivity contribution in [2.45, 2.75) is 30.2 Å². The smallest absolute Gasteiger partial charge is 0.243 e. The second kappa shape index (κ2) is 7.37. The Balaban J connectivity index is 1.67. The fourth-order valence-corrected chi connectivity index (χ4v) is 4.35. The topological polar surface area (TPSA) is 66.5 Å². The summed E-state index contributed by atoms with van der Waals surface area (Å²) in [6, 6.07) is 16.2. The second-order valence-corrected chi connectivity index (χ2v) is 8.33. The molecule has 0 radical (unpaired) electrons. The summed E-state index contributed by atoms with van der Waals surface area (Å²) in [4.78, 5) is 12.6. The quantitative estimate of drug-likeness (QED) is 0.893. The van der Waals surface area contributed by atoms with E-state index in [0.29, 0.717) is 0 Å². The number of likely N-dealkylation sites (N-methyl/N-ethyl adjacent to an activating group) is 1. The van der Waals surface area contributed by atoms with Crippen molar-refractivity contribution in [3.8, 4) is 0 Å². The normalized spacial score (nSPS) is 17.1. The first-order chi connectivity index (χ1) is 12.0. The third kappa shape index (κ3) is 3.91. The van der Waals surface area contributed by atoms with Crippen LogP contribution in [0.25, 0.3) is 0 Å². The van der Waals surface area contributed by atoms with E-state index in [2.05, 4.69) is 11.4 Å². The van der Waals surface area contributed by atoms with E-state index in [1.54, 1.807) is 18.2 Å². The Morgan fingerprint density at radius 3 is 2.56 bits per heavy atom. The lowest BCUT2D eigenvalue weighted by Crippen LogP contribution is -2.40. The molecule has 0 bridgehead atoms. The molecule has 0 heterocycles. The molecule has 1 amide bonds. The number of rotatable bonds is 5. The fraction of sp³-hybridized carbons (Fsp3) is 0.316. The van der Waals surface area contributed by atoms with Crippen molar-refractivity contribution in [3.63, 3.8) is 0 Å². The van der Waals surface area contributed by atoms with Gasteiger partial charge in [-0.1, -0.05) is 42.5 Å². The Labute approximate surface area is 148 Å². The third-order valence-electron chi connectivity index (χ3n) is 4.52. The van der Waals surface area contributed by atoms with Crippen molar-refractivity contribution in [2.24, 2.45) is 0 Å². The van der Waals surface area contributed by atoms with Gasteiger partial charge in [0.25, 0.3) is 0 Å². The van der Waals surface area contributed by atoms with Gasteiger partial charge in [-0.2, -0.15) is 4.31 Å². The van der Waals surface area contributed by atoms with E-state index in [1.165, 1.54) is 24.7 Å². The van der Waals surface area contributed by atoms with Crippen LogP contribution in [0.2, 0.25) is 0 Å². The zero-order valence-electron chi connectivity index (χ0n) is 14.2. The van der Waals surface area contributed by atoms with Crippen LogP contribution in [0.1, 0.15) is 30.0 Å². The molecule has 0 aliphatic heterocycles. The average Bonchev–Trinajstić information content (AvgIpc) is 2.62. The number of nitrogens with one attached hydrogen (secondary N) is 1. The van der Waals surface area contributed by atoms with Crippen LogP contribution >= 0.6 is 0 Å². The first-order valence-electron chi connectivity index (χ1n) is 8.37. The summed E-state index contributed by atoms with van der Waals surface area (Å²) in [5.74, 6) is -0.288. The van der Waals surface area contributed by atoms with Crippen LogP contribution in [0, 0.1) is 0 Å². The van der Waals surface area contributed by atoms with Gasteiger partial charge < -0.3 is 5.32 Å². The molecule has 2 aromatic rings. The van der Waals surface area contributed by atoms with Crippen LogP contribution in [-0.4, -0.2) is 32.2 Å². The van der Waals surface area contributed by atoms with Gasteiger partial charge in [0.05, 0.1) is 17.5 Å². The summed E-state index contributed by atoms with van der Waals surface area (Å²) in [7, 11) is -2.24. The minimum absolute atomic E-state index is 0.0507. The molecule has 1 N–H and O–H groups in total. The maximum atomic E-state index is 12.5. The van der Waals surface area contributed by atoms with Crippen LogP contribution in [0.3, 0.4) is 0 Å². The lowest BCUT2D eigenvalue weighted by molar-refractivity contribution is -0.122. The van der Waals surface area contributed by atoms with E-state index in [9.17, 15) is 13.2 Å². The number of carbonyl (C=O) groups is 1. The Morgan fingerprint density at radius 2 is 1.80 bits per heavy atom. The van der Waals surface area contributed by atoms with Gasteiger partial charge in [-0.3, -0.25) is 4.79 Å². The van der Waals surface area contributed by atoms with Crippen LogP contribution in [0.5, 0.6) is 0 Å². The van der Waals surface area contributed by atoms with Gasteiger partial charge in [-0.15, -0.1) is 0 Å². The SMILES string of the molecule is CN(CC(=O)N[C@H]1CCCc2ccccc21)S(=O)(=O)c1ccccc1. The summed E-state index contributed by atoms with van der Waals surface area (Å²) in [6.45, 7) is -0.199. The Hall–Kier alpha value is -2.18. The van der Waals surface area contributed by atoms with Crippen molar-refractivity contribution in [1.29, 1.82) is 0 Å². The number of nitrogens with zero attached hydrogens (tertiary/aromatic N) is 1. The summed E-state index contributed by atoms with van der Waals surface area (Å²) >= 11 is 0. The lowest BCUT2D eigenvalue weighted by Gasteiger charge is -2.27. The number of carbonyl (C=O) groups excluding carboxylic acids is 1. The summed E-state index contributed by atoms with van der Waals surface area (Å²) in [5.41, 5.74) is 2.39. The summed E-state index contributed by atoms with van der Waals surface area (Å²) in [5, 5.41) is 2.98. The third-order valence-corrected chi connectivity index (χ3v) is 6.34. The highest BCUT2D eigenvalue weighted by atomic mass is 32.2. The van der Waals surface area contributed by atoms with Crippen LogP contribution < -0.4 is 5.32 Å². The standard InChI is InChI=1S/C19H22N2O3S/c1-21(25(23,24)16-10-3-2-4-11-16)14-19(22)20-18-13-7-9-15-8-5-6-12-17(15)18/h2-6,8,10-12,18H,7,9,13-14H2,1H3,(H,20,22)/t18-/m0/s1.